The molecule has 0 aliphatic heterocycles. The van der Waals surface area contributed by atoms with E-state index in [0.717, 1.165) is 38.5 Å². The fraction of sp³-hybridized carbons (Fsp3) is 0.942. The number of nitrogens with one attached hydrogen (secondary N) is 1. The van der Waals surface area contributed by atoms with Crippen LogP contribution in [0.5, 0.6) is 0 Å². The molecule has 1 amide bonds. The van der Waals surface area contributed by atoms with Crippen LogP contribution in [0.3, 0.4) is 0 Å². The summed E-state index contributed by atoms with van der Waals surface area (Å²) in [5.41, 5.74) is 0. The molecule has 0 aromatic rings. The molecule has 75 heavy (non-hydrogen) atoms. The Labute approximate surface area is 469 Å². The maximum atomic E-state index is 12.4. The third-order valence-corrected chi connectivity index (χ3v) is 16.3. The van der Waals surface area contributed by atoms with Crippen LogP contribution < -0.4 is 5.32 Å². The molecule has 0 heterocycles. The van der Waals surface area contributed by atoms with Gasteiger partial charge in [0.2, 0.25) is 5.91 Å². The molecule has 0 bridgehead atoms. The third-order valence-electron chi connectivity index (χ3n) is 16.3. The van der Waals surface area contributed by atoms with Gasteiger partial charge in [0.1, 0.15) is 0 Å². The summed E-state index contributed by atoms with van der Waals surface area (Å²) in [5.74, 6) is -0.0398. The molecular weight excluding hydrogens is 923 g/mol. The quantitative estimate of drug-likeness (QED) is 0.0320. The first kappa shape index (κ1) is 73.6. The Morgan fingerprint density at radius 2 is 0.613 bits per heavy atom. The normalized spacial score (nSPS) is 12.5. The number of allylic oxidation sites excluding steroid dienone is 1. The maximum Gasteiger partial charge on any atom is 0.305 e. The van der Waals surface area contributed by atoms with Gasteiger partial charge in [0.15, 0.2) is 0 Å². The van der Waals surface area contributed by atoms with Crippen LogP contribution in [0.1, 0.15) is 393 Å². The van der Waals surface area contributed by atoms with Gasteiger partial charge in [-0.15, -0.1) is 0 Å². The number of carbonyl (C=O) groups excluding carboxylic acids is 2. The van der Waals surface area contributed by atoms with Crippen LogP contribution in [0.25, 0.3) is 0 Å². The highest BCUT2D eigenvalue weighted by Gasteiger charge is 2.18. The van der Waals surface area contributed by atoms with E-state index >= 15 is 0 Å². The van der Waals surface area contributed by atoms with Crippen molar-refractivity contribution < 1.29 is 24.5 Å². The molecule has 3 N–H and O–H groups in total. The SMILES string of the molecule is CCCCCCCCCC/C=C/C(O)C(CO)NC(=O)CCCCCCCCCCCCCCCCCCCCCCCCCCCCCCCOC(=O)CCCCCCCCCCCCCCCCCCCCC. The number of hydrogen-bond donors (Lipinski definition) is 3. The van der Waals surface area contributed by atoms with E-state index < -0.39 is 12.1 Å². The molecule has 0 spiro atoms. The van der Waals surface area contributed by atoms with Gasteiger partial charge in [-0.25, -0.2) is 0 Å². The molecule has 446 valence electrons. The second-order valence-corrected chi connectivity index (χ2v) is 23.9. The van der Waals surface area contributed by atoms with E-state index in [-0.39, 0.29) is 18.5 Å². The summed E-state index contributed by atoms with van der Waals surface area (Å²) in [6, 6.07) is -0.622. The van der Waals surface area contributed by atoms with Crippen LogP contribution in [0.4, 0.5) is 0 Å². The fourth-order valence-electron chi connectivity index (χ4n) is 11.1. The van der Waals surface area contributed by atoms with Gasteiger partial charge in [-0.3, -0.25) is 9.59 Å². The number of hydrogen-bond acceptors (Lipinski definition) is 5. The van der Waals surface area contributed by atoms with Gasteiger partial charge in [0.25, 0.3) is 0 Å². The van der Waals surface area contributed by atoms with Crippen LogP contribution >= 0.6 is 0 Å². The van der Waals surface area contributed by atoms with Gasteiger partial charge in [-0.05, 0) is 32.1 Å². The van der Waals surface area contributed by atoms with Crippen LogP contribution in [-0.2, 0) is 14.3 Å². The summed E-state index contributed by atoms with van der Waals surface area (Å²) in [7, 11) is 0. The number of rotatable bonds is 65. The monoisotopic (exact) mass is 1060 g/mol. The smallest absolute Gasteiger partial charge is 0.305 e. The second kappa shape index (κ2) is 65.1. The average Bonchev–Trinajstić information content (AvgIpc) is 3.41. The van der Waals surface area contributed by atoms with Crippen LogP contribution in [0.15, 0.2) is 12.2 Å². The molecule has 2 unspecified atom stereocenters. The number of ether oxygens (including phenoxy) is 1. The molecule has 0 aromatic carbocycles. The number of aliphatic hydroxyl groups excluding tert-OH is 2. The Hall–Kier alpha value is -1.40. The highest BCUT2D eigenvalue weighted by molar-refractivity contribution is 5.76. The number of carbonyl (C=O) groups is 2. The van der Waals surface area contributed by atoms with Crippen molar-refractivity contribution in [2.45, 2.75) is 405 Å². The Balaban J connectivity index is 3.29. The van der Waals surface area contributed by atoms with E-state index in [1.807, 2.05) is 6.08 Å². The summed E-state index contributed by atoms with van der Waals surface area (Å²) < 4.78 is 5.52. The number of unbranched alkanes of at least 4 members (excludes halogenated alkanes) is 54. The second-order valence-electron chi connectivity index (χ2n) is 23.9. The highest BCUT2D eigenvalue weighted by Crippen LogP contribution is 2.19. The molecule has 0 aliphatic rings. The number of aliphatic hydroxyl groups is 2. The summed E-state index contributed by atoms with van der Waals surface area (Å²) >= 11 is 0. The van der Waals surface area contributed by atoms with E-state index in [9.17, 15) is 19.8 Å². The maximum absolute atomic E-state index is 12.4. The molecule has 6 heteroatoms. The van der Waals surface area contributed by atoms with E-state index in [4.69, 9.17) is 4.74 Å². The van der Waals surface area contributed by atoms with Crippen molar-refractivity contribution in [2.24, 2.45) is 0 Å². The molecule has 0 aliphatic carbocycles. The number of esters is 1. The highest BCUT2D eigenvalue weighted by atomic mass is 16.5. The lowest BCUT2D eigenvalue weighted by Crippen LogP contribution is -2.45. The van der Waals surface area contributed by atoms with Gasteiger partial charge in [0, 0.05) is 12.8 Å². The van der Waals surface area contributed by atoms with E-state index in [1.165, 1.54) is 327 Å². The molecule has 0 radical (unpaired) electrons. The molecule has 0 saturated carbocycles. The van der Waals surface area contributed by atoms with Gasteiger partial charge in [0.05, 0.1) is 25.4 Å². The topological polar surface area (TPSA) is 95.9 Å². The Bertz CT molecular complexity index is 1130. The Morgan fingerprint density at radius 1 is 0.360 bits per heavy atom. The van der Waals surface area contributed by atoms with Gasteiger partial charge >= 0.3 is 5.97 Å². The first-order valence-corrected chi connectivity index (χ1v) is 34.5. The van der Waals surface area contributed by atoms with Gasteiger partial charge in [-0.2, -0.15) is 0 Å². The van der Waals surface area contributed by atoms with Crippen molar-refractivity contribution in [3.05, 3.63) is 12.2 Å². The minimum Gasteiger partial charge on any atom is -0.466 e. The lowest BCUT2D eigenvalue weighted by Gasteiger charge is -2.20. The summed E-state index contributed by atoms with van der Waals surface area (Å²) in [6.45, 7) is 4.92. The fourth-order valence-corrected chi connectivity index (χ4v) is 11.1. The molecule has 0 fully saturated rings. The minimum atomic E-state index is -0.839. The first-order chi connectivity index (χ1) is 37.0. The zero-order valence-corrected chi connectivity index (χ0v) is 51.1. The molecule has 6 nitrogen and oxygen atoms in total. The van der Waals surface area contributed by atoms with Crippen molar-refractivity contribution in [1.29, 1.82) is 0 Å². The van der Waals surface area contributed by atoms with Gasteiger partial charge < -0.3 is 20.3 Å². The van der Waals surface area contributed by atoms with Crippen LogP contribution in [-0.4, -0.2) is 47.4 Å². The van der Waals surface area contributed by atoms with Crippen LogP contribution in [0, 0.1) is 0 Å². The van der Waals surface area contributed by atoms with E-state index in [1.54, 1.807) is 6.08 Å². The third kappa shape index (κ3) is 61.7. The zero-order chi connectivity index (χ0) is 54.3. The first-order valence-electron chi connectivity index (χ1n) is 34.5. The average molecular weight is 1060 g/mol. The van der Waals surface area contributed by atoms with Crippen molar-refractivity contribution in [3.63, 3.8) is 0 Å². The lowest BCUT2D eigenvalue weighted by atomic mass is 10.0. The predicted octanol–water partition coefficient (Wildman–Crippen LogP) is 22.0. The minimum absolute atomic E-state index is 0.0247. The molecular formula is C69H135NO5. The molecule has 0 rings (SSSR count). The lowest BCUT2D eigenvalue weighted by molar-refractivity contribution is -0.143. The summed E-state index contributed by atoms with van der Waals surface area (Å²) in [5, 5.41) is 23.0. The zero-order valence-electron chi connectivity index (χ0n) is 51.1. The molecule has 0 saturated heterocycles. The number of amides is 1. The summed E-state index contributed by atoms with van der Waals surface area (Å²) in [6.07, 6.45) is 80.2. The van der Waals surface area contributed by atoms with Crippen molar-refractivity contribution in [3.8, 4) is 0 Å². The predicted molar refractivity (Wildman–Crippen MR) is 329 cm³/mol. The standard InChI is InChI=1S/C69H135NO5/c1-3-5-7-9-11-13-15-16-17-18-30-34-37-40-43-47-51-55-59-63-69(74)75-64-60-56-52-48-44-41-38-35-32-29-27-25-23-21-19-20-22-24-26-28-31-33-36-39-42-46-50-54-58-62-68(73)70-66(65-71)67(72)61-57-53-49-45-14-12-10-8-6-4-2/h57,61,66-67,71-72H,3-56,58-60,62-65H2,1-2H3,(H,70,73)/b61-57+. The summed E-state index contributed by atoms with van der Waals surface area (Å²) in [4.78, 5) is 24.5. The van der Waals surface area contributed by atoms with Crippen molar-refractivity contribution in [2.75, 3.05) is 13.2 Å². The van der Waals surface area contributed by atoms with Crippen molar-refractivity contribution in [1.82, 2.24) is 5.32 Å². The largest absolute Gasteiger partial charge is 0.466 e. The van der Waals surface area contributed by atoms with E-state index in [2.05, 4.69) is 19.2 Å². The Morgan fingerprint density at radius 3 is 0.907 bits per heavy atom. The van der Waals surface area contributed by atoms with Gasteiger partial charge in [-0.1, -0.05) is 360 Å². The van der Waals surface area contributed by atoms with Crippen LogP contribution in [0.2, 0.25) is 0 Å². The Kier molecular flexibility index (Phi) is 63.9. The van der Waals surface area contributed by atoms with Crippen molar-refractivity contribution >= 4 is 11.9 Å². The van der Waals surface area contributed by atoms with E-state index in [0.29, 0.717) is 19.4 Å². The molecule has 0 aromatic heterocycles. The molecule has 2 atom stereocenters.